The lowest BCUT2D eigenvalue weighted by Gasteiger charge is -2.49. The van der Waals surface area contributed by atoms with Crippen molar-refractivity contribution in [1.29, 1.82) is 5.26 Å². The van der Waals surface area contributed by atoms with Gasteiger partial charge in [0.15, 0.2) is 5.83 Å². The molecule has 3 aliphatic heterocycles. The molecule has 1 aromatic heterocycles. The van der Waals surface area contributed by atoms with E-state index in [4.69, 9.17) is 26.3 Å². The van der Waals surface area contributed by atoms with Crippen LogP contribution in [0.4, 0.5) is 15.9 Å². The maximum absolute atomic E-state index is 13.8. The van der Waals surface area contributed by atoms with E-state index in [0.29, 0.717) is 43.7 Å². The summed E-state index contributed by atoms with van der Waals surface area (Å²) in [5, 5.41) is 12.3. The molecule has 0 spiro atoms. The molecule has 3 aromatic rings. The van der Waals surface area contributed by atoms with Gasteiger partial charge < -0.3 is 19.4 Å². The Balaban J connectivity index is 1.33. The predicted molar refractivity (Wildman–Crippen MR) is 174 cm³/mol. The molecule has 2 fully saturated rings. The molecule has 45 heavy (non-hydrogen) atoms. The molecule has 1 amide bonds. The number of rotatable bonds is 7. The lowest BCUT2D eigenvalue weighted by molar-refractivity contribution is -0.131. The maximum Gasteiger partial charge on any atom is 0.318 e. The van der Waals surface area contributed by atoms with Crippen molar-refractivity contribution in [2.24, 2.45) is 0 Å². The van der Waals surface area contributed by atoms with Gasteiger partial charge in [-0.3, -0.25) is 9.69 Å². The molecule has 0 bridgehead atoms. The maximum atomic E-state index is 13.8. The zero-order chi connectivity index (χ0) is 31.9. The van der Waals surface area contributed by atoms with Crippen LogP contribution in [0, 0.1) is 11.3 Å². The molecule has 0 aliphatic carbocycles. The highest BCUT2D eigenvalue weighted by Gasteiger charge is 2.38. The fourth-order valence-electron chi connectivity index (χ4n) is 6.88. The van der Waals surface area contributed by atoms with Gasteiger partial charge in [-0.15, -0.1) is 0 Å². The van der Waals surface area contributed by atoms with Gasteiger partial charge in [0.2, 0.25) is 0 Å². The van der Waals surface area contributed by atoms with Crippen molar-refractivity contribution in [3.63, 3.8) is 0 Å². The number of hydrogen-bond acceptors (Lipinski definition) is 8. The van der Waals surface area contributed by atoms with Crippen molar-refractivity contribution in [3.8, 4) is 12.1 Å². The summed E-state index contributed by atoms with van der Waals surface area (Å²) in [6.45, 7) is 13.6. The highest BCUT2D eigenvalue weighted by molar-refractivity contribution is 6.36. The van der Waals surface area contributed by atoms with E-state index in [9.17, 15) is 14.4 Å². The second-order valence-electron chi connectivity index (χ2n) is 13.0. The third-order valence-corrected chi connectivity index (χ3v) is 9.52. The van der Waals surface area contributed by atoms with Gasteiger partial charge in [0, 0.05) is 60.9 Å². The van der Waals surface area contributed by atoms with E-state index in [-0.39, 0.29) is 24.5 Å². The van der Waals surface area contributed by atoms with Gasteiger partial charge in [0.25, 0.3) is 5.91 Å². The lowest BCUT2D eigenvalue weighted by atomic mass is 9.94. The van der Waals surface area contributed by atoms with Crippen LogP contribution < -0.4 is 14.5 Å². The summed E-state index contributed by atoms with van der Waals surface area (Å²) in [4.78, 5) is 30.7. The topological polar surface area (TPSA) is 88.8 Å². The summed E-state index contributed by atoms with van der Waals surface area (Å²) in [5.74, 6) is -1.03. The molecule has 2 aromatic carbocycles. The van der Waals surface area contributed by atoms with Crippen LogP contribution >= 0.6 is 11.6 Å². The molecular weight excluding hydrogens is 593 g/mol. The van der Waals surface area contributed by atoms with Crippen molar-refractivity contribution in [2.75, 3.05) is 49.1 Å². The lowest BCUT2D eigenvalue weighted by Crippen LogP contribution is -2.59. The molecule has 11 heteroatoms. The van der Waals surface area contributed by atoms with E-state index in [2.05, 4.69) is 66.3 Å². The average molecular weight is 632 g/mol. The molecule has 6 rings (SSSR count). The van der Waals surface area contributed by atoms with E-state index in [1.807, 2.05) is 18.2 Å². The standard InChI is InChI=1S/C34H39ClFN7O2/c1-22(36)32(44)42-18-17-41(19-24(42)11-14-37)31-26-13-15-40(29-10-6-8-23-7-5-9-27(35)30(23)29)20-28(26)38-33(39-31)45-21-25-12-16-43(25)34(2,3)4/h5-10,24-25H,1,11-13,15-21H2,2-4H3/t24-,25?/m0/s1. The van der Waals surface area contributed by atoms with E-state index in [1.54, 1.807) is 0 Å². The Morgan fingerprint density at radius 2 is 1.89 bits per heavy atom. The summed E-state index contributed by atoms with van der Waals surface area (Å²) < 4.78 is 20.2. The Labute approximate surface area is 268 Å². The van der Waals surface area contributed by atoms with Gasteiger partial charge in [-0.2, -0.15) is 15.2 Å². The van der Waals surface area contributed by atoms with Crippen LogP contribution in [0.5, 0.6) is 6.01 Å². The zero-order valence-electron chi connectivity index (χ0n) is 26.1. The van der Waals surface area contributed by atoms with E-state index >= 15 is 0 Å². The Hall–Kier alpha value is -3.94. The van der Waals surface area contributed by atoms with Crippen LogP contribution in [0.1, 0.15) is 44.9 Å². The van der Waals surface area contributed by atoms with Crippen molar-refractivity contribution in [2.45, 2.75) is 64.2 Å². The number of aromatic nitrogens is 2. The molecule has 0 N–H and O–H groups in total. The van der Waals surface area contributed by atoms with Crippen molar-refractivity contribution in [1.82, 2.24) is 19.8 Å². The monoisotopic (exact) mass is 631 g/mol. The van der Waals surface area contributed by atoms with Crippen LogP contribution in [0.25, 0.3) is 10.8 Å². The first-order chi connectivity index (χ1) is 21.5. The highest BCUT2D eigenvalue weighted by Crippen LogP contribution is 2.37. The average Bonchev–Trinajstić information content (AvgIpc) is 2.98. The minimum Gasteiger partial charge on any atom is -0.462 e. The smallest absolute Gasteiger partial charge is 0.318 e. The summed E-state index contributed by atoms with van der Waals surface area (Å²) in [7, 11) is 0. The molecule has 236 valence electrons. The number of nitrogens with zero attached hydrogens (tertiary/aromatic N) is 7. The molecule has 2 saturated heterocycles. The molecule has 9 nitrogen and oxygen atoms in total. The first kappa shape index (κ1) is 31.1. The molecular formula is C34H39ClFN7O2. The Bertz CT molecular complexity index is 1660. The number of benzene rings is 2. The van der Waals surface area contributed by atoms with Crippen molar-refractivity contribution >= 4 is 39.8 Å². The number of ether oxygens (including phenoxy) is 1. The van der Waals surface area contributed by atoms with Gasteiger partial charge >= 0.3 is 6.01 Å². The normalized spacial score (nSPS) is 20.4. The number of halogens is 2. The molecule has 2 atom stereocenters. The van der Waals surface area contributed by atoms with Gasteiger partial charge in [-0.05, 0) is 51.1 Å². The number of hydrogen-bond donors (Lipinski definition) is 0. The van der Waals surface area contributed by atoms with Gasteiger partial charge in [0.1, 0.15) is 12.4 Å². The number of carbonyl (C=O) groups excluding carboxylic acids is 1. The second-order valence-corrected chi connectivity index (χ2v) is 13.4. The summed E-state index contributed by atoms with van der Waals surface area (Å²) in [5.41, 5.74) is 3.00. The van der Waals surface area contributed by atoms with Crippen LogP contribution in [-0.4, -0.2) is 82.6 Å². The fourth-order valence-corrected chi connectivity index (χ4v) is 7.16. The summed E-state index contributed by atoms with van der Waals surface area (Å²) in [6.07, 6.45) is 1.82. The zero-order valence-corrected chi connectivity index (χ0v) is 26.9. The van der Waals surface area contributed by atoms with E-state index in [0.717, 1.165) is 53.0 Å². The number of anilines is 2. The number of likely N-dealkylation sites (tertiary alicyclic amines) is 1. The van der Waals surface area contributed by atoms with Crippen LogP contribution in [0.2, 0.25) is 5.02 Å². The van der Waals surface area contributed by atoms with E-state index < -0.39 is 17.8 Å². The molecule has 0 radical (unpaired) electrons. The fraction of sp³-hybridized carbons (Fsp3) is 0.471. The SMILES string of the molecule is C=C(F)C(=O)N1CCN(c2nc(OCC3CCN3C(C)(C)C)nc3c2CCN(c2cccc4cccc(Cl)c24)C3)C[C@@H]1CC#N. The van der Waals surface area contributed by atoms with Crippen LogP contribution in [0.3, 0.4) is 0 Å². The molecule has 3 aliphatic rings. The largest absolute Gasteiger partial charge is 0.462 e. The minimum absolute atomic E-state index is 0.0478. The van der Waals surface area contributed by atoms with Gasteiger partial charge in [-0.1, -0.05) is 42.4 Å². The Morgan fingerprint density at radius 3 is 2.58 bits per heavy atom. The molecule has 1 unspecified atom stereocenters. The minimum atomic E-state index is -1.02. The quantitative estimate of drug-likeness (QED) is 0.316. The first-order valence-electron chi connectivity index (χ1n) is 15.5. The number of nitriles is 1. The Kier molecular flexibility index (Phi) is 8.59. The number of piperazine rings is 1. The Morgan fingerprint density at radius 1 is 1.11 bits per heavy atom. The summed E-state index contributed by atoms with van der Waals surface area (Å²) >= 11 is 6.70. The summed E-state index contributed by atoms with van der Waals surface area (Å²) in [6, 6.07) is 14.4. The number of fused-ring (bicyclic) bond motifs is 2. The number of amides is 1. The van der Waals surface area contributed by atoms with Crippen molar-refractivity contribution < 1.29 is 13.9 Å². The molecule has 4 heterocycles. The molecule has 0 saturated carbocycles. The van der Waals surface area contributed by atoms with Crippen LogP contribution in [-0.2, 0) is 17.8 Å². The third kappa shape index (κ3) is 6.16. The van der Waals surface area contributed by atoms with Crippen molar-refractivity contribution in [3.05, 3.63) is 65.1 Å². The second kappa shape index (κ2) is 12.5. The number of carbonyl (C=O) groups is 1. The van der Waals surface area contributed by atoms with Crippen LogP contribution in [0.15, 0.2) is 48.8 Å². The van der Waals surface area contributed by atoms with Gasteiger partial charge in [-0.25, -0.2) is 4.39 Å². The highest BCUT2D eigenvalue weighted by atomic mass is 35.5. The first-order valence-corrected chi connectivity index (χ1v) is 15.9. The van der Waals surface area contributed by atoms with E-state index in [1.165, 1.54) is 4.90 Å². The third-order valence-electron chi connectivity index (χ3n) is 9.21. The predicted octanol–water partition coefficient (Wildman–Crippen LogP) is 5.51. The van der Waals surface area contributed by atoms with Gasteiger partial charge in [0.05, 0.1) is 35.8 Å².